The van der Waals surface area contributed by atoms with Crippen LogP contribution in [-0.4, -0.2) is 5.60 Å². The molecule has 0 rings (SSSR count). The molecule has 0 aliphatic heterocycles. The van der Waals surface area contributed by atoms with E-state index >= 15 is 0 Å². The van der Waals surface area contributed by atoms with Gasteiger partial charge in [0.05, 0.1) is 6.26 Å². The lowest BCUT2D eigenvalue weighted by Crippen LogP contribution is -2.25. The average molecular weight is 184 g/mol. The first-order valence-electron chi connectivity index (χ1n) is 5.33. The molecule has 0 aromatic carbocycles. The predicted octanol–water partition coefficient (Wildman–Crippen LogP) is 4.14. The van der Waals surface area contributed by atoms with Gasteiger partial charge >= 0.3 is 0 Å². The summed E-state index contributed by atoms with van der Waals surface area (Å²) in [6.45, 7) is 12.5. The Morgan fingerprint density at radius 3 is 2.46 bits per heavy atom. The average Bonchev–Trinajstić information content (AvgIpc) is 2.04. The van der Waals surface area contributed by atoms with Crippen molar-refractivity contribution in [2.75, 3.05) is 0 Å². The normalized spacial score (nSPS) is 15.5. The molecule has 0 heterocycles. The van der Waals surface area contributed by atoms with Crippen LogP contribution in [0.2, 0.25) is 0 Å². The third-order valence-electron chi connectivity index (χ3n) is 2.60. The minimum absolute atomic E-state index is 0.0106. The monoisotopic (exact) mass is 184 g/mol. The van der Waals surface area contributed by atoms with Crippen LogP contribution in [0.5, 0.6) is 0 Å². The molecule has 0 spiro atoms. The molecule has 0 radical (unpaired) electrons. The molecule has 78 valence electrons. The summed E-state index contributed by atoms with van der Waals surface area (Å²) in [7, 11) is 0. The molecule has 0 saturated heterocycles. The zero-order chi connectivity index (χ0) is 10.3. The largest absolute Gasteiger partial charge is 0.496 e. The summed E-state index contributed by atoms with van der Waals surface area (Å²) in [6, 6.07) is 0. The molecule has 1 atom stereocenters. The third-order valence-corrected chi connectivity index (χ3v) is 2.60. The van der Waals surface area contributed by atoms with Gasteiger partial charge in [-0.3, -0.25) is 0 Å². The molecule has 0 bridgehead atoms. The molecule has 0 aliphatic carbocycles. The van der Waals surface area contributed by atoms with Crippen LogP contribution in [0, 0.1) is 5.92 Å². The van der Waals surface area contributed by atoms with Gasteiger partial charge < -0.3 is 4.74 Å². The van der Waals surface area contributed by atoms with Crippen molar-refractivity contribution >= 4 is 0 Å². The molecule has 1 heteroatoms. The molecule has 0 saturated carbocycles. The Labute approximate surface area is 83.2 Å². The quantitative estimate of drug-likeness (QED) is 0.540. The highest BCUT2D eigenvalue weighted by molar-refractivity contribution is 4.76. The van der Waals surface area contributed by atoms with E-state index in [4.69, 9.17) is 4.74 Å². The lowest BCUT2D eigenvalue weighted by molar-refractivity contribution is 0.0253. The molecule has 0 amide bonds. The summed E-state index contributed by atoms with van der Waals surface area (Å²) in [4.78, 5) is 0. The molecule has 0 fully saturated rings. The number of rotatable bonds is 7. The maximum absolute atomic E-state index is 5.52. The second-order valence-electron chi connectivity index (χ2n) is 4.37. The van der Waals surface area contributed by atoms with Crippen molar-refractivity contribution in [1.29, 1.82) is 0 Å². The van der Waals surface area contributed by atoms with Gasteiger partial charge in [-0.1, -0.05) is 33.8 Å². The Bertz CT molecular complexity index is 140. The van der Waals surface area contributed by atoms with Crippen molar-refractivity contribution in [3.8, 4) is 0 Å². The standard InChI is InChI=1S/C12H24O/c1-6-12(5,13-7-2)10-8-9-11(3)4/h7,11H,2,6,8-10H2,1,3-5H3. The van der Waals surface area contributed by atoms with Gasteiger partial charge in [-0.05, 0) is 32.1 Å². The molecule has 0 N–H and O–H groups in total. The van der Waals surface area contributed by atoms with Crippen molar-refractivity contribution in [2.45, 2.75) is 59.0 Å². The summed E-state index contributed by atoms with van der Waals surface area (Å²) in [5, 5.41) is 0. The third kappa shape index (κ3) is 5.73. The van der Waals surface area contributed by atoms with E-state index < -0.39 is 0 Å². The zero-order valence-corrected chi connectivity index (χ0v) is 9.60. The van der Waals surface area contributed by atoms with E-state index in [9.17, 15) is 0 Å². The molecular weight excluding hydrogens is 160 g/mol. The van der Waals surface area contributed by atoms with Crippen LogP contribution in [0.3, 0.4) is 0 Å². The fourth-order valence-electron chi connectivity index (χ4n) is 1.40. The SMILES string of the molecule is C=COC(C)(CC)CCCC(C)C. The first-order valence-corrected chi connectivity index (χ1v) is 5.33. The minimum atomic E-state index is 0.0106. The van der Waals surface area contributed by atoms with E-state index in [0.717, 1.165) is 18.8 Å². The van der Waals surface area contributed by atoms with E-state index in [-0.39, 0.29) is 5.60 Å². The Balaban J connectivity index is 3.76. The smallest absolute Gasteiger partial charge is 0.105 e. The molecule has 13 heavy (non-hydrogen) atoms. The molecule has 1 unspecified atom stereocenters. The molecule has 0 aromatic heterocycles. The topological polar surface area (TPSA) is 9.23 Å². The van der Waals surface area contributed by atoms with Crippen LogP contribution in [0.4, 0.5) is 0 Å². The molecule has 0 aromatic rings. The lowest BCUT2D eigenvalue weighted by Gasteiger charge is -2.27. The van der Waals surface area contributed by atoms with Gasteiger partial charge in [0.15, 0.2) is 0 Å². The van der Waals surface area contributed by atoms with Crippen molar-refractivity contribution in [1.82, 2.24) is 0 Å². The first-order chi connectivity index (χ1) is 6.04. The number of hydrogen-bond donors (Lipinski definition) is 0. The Hall–Kier alpha value is -0.460. The second-order valence-corrected chi connectivity index (χ2v) is 4.37. The predicted molar refractivity (Wildman–Crippen MR) is 58.7 cm³/mol. The van der Waals surface area contributed by atoms with Crippen LogP contribution in [0.15, 0.2) is 12.8 Å². The first kappa shape index (κ1) is 12.5. The summed E-state index contributed by atoms with van der Waals surface area (Å²) >= 11 is 0. The van der Waals surface area contributed by atoms with Gasteiger partial charge in [-0.25, -0.2) is 0 Å². The molecule has 0 aliphatic rings. The highest BCUT2D eigenvalue weighted by Gasteiger charge is 2.21. The highest BCUT2D eigenvalue weighted by atomic mass is 16.5. The van der Waals surface area contributed by atoms with E-state index in [1.165, 1.54) is 12.8 Å². The lowest BCUT2D eigenvalue weighted by atomic mass is 9.93. The van der Waals surface area contributed by atoms with Crippen LogP contribution >= 0.6 is 0 Å². The van der Waals surface area contributed by atoms with Gasteiger partial charge in [-0.2, -0.15) is 0 Å². The van der Waals surface area contributed by atoms with Gasteiger partial charge in [0.25, 0.3) is 0 Å². The van der Waals surface area contributed by atoms with Gasteiger partial charge in [0.1, 0.15) is 5.60 Å². The van der Waals surface area contributed by atoms with Crippen molar-refractivity contribution in [2.24, 2.45) is 5.92 Å². The Morgan fingerprint density at radius 1 is 1.46 bits per heavy atom. The van der Waals surface area contributed by atoms with Crippen molar-refractivity contribution in [3.63, 3.8) is 0 Å². The van der Waals surface area contributed by atoms with Crippen LogP contribution < -0.4 is 0 Å². The summed E-state index contributed by atoms with van der Waals surface area (Å²) in [5.41, 5.74) is 0.0106. The fraction of sp³-hybridized carbons (Fsp3) is 0.833. The summed E-state index contributed by atoms with van der Waals surface area (Å²) in [6.07, 6.45) is 6.29. The van der Waals surface area contributed by atoms with Crippen molar-refractivity contribution in [3.05, 3.63) is 12.8 Å². The minimum Gasteiger partial charge on any atom is -0.496 e. The molecule has 1 nitrogen and oxygen atoms in total. The second kappa shape index (κ2) is 6.06. The van der Waals surface area contributed by atoms with Crippen molar-refractivity contribution < 1.29 is 4.74 Å². The maximum atomic E-state index is 5.52. The fourth-order valence-corrected chi connectivity index (χ4v) is 1.40. The number of hydrogen-bond acceptors (Lipinski definition) is 1. The number of ether oxygens (including phenoxy) is 1. The summed E-state index contributed by atoms with van der Waals surface area (Å²) in [5.74, 6) is 0.796. The van der Waals surface area contributed by atoms with Crippen LogP contribution in [0.25, 0.3) is 0 Å². The zero-order valence-electron chi connectivity index (χ0n) is 9.60. The van der Waals surface area contributed by atoms with Crippen LogP contribution in [-0.2, 0) is 4.74 Å². The van der Waals surface area contributed by atoms with E-state index in [2.05, 4.69) is 34.3 Å². The van der Waals surface area contributed by atoms with Gasteiger partial charge in [0, 0.05) is 0 Å². The summed E-state index contributed by atoms with van der Waals surface area (Å²) < 4.78 is 5.52. The Morgan fingerprint density at radius 2 is 2.08 bits per heavy atom. The molecular formula is C12H24O. The Kier molecular flexibility index (Phi) is 5.85. The maximum Gasteiger partial charge on any atom is 0.105 e. The van der Waals surface area contributed by atoms with Gasteiger partial charge in [-0.15, -0.1) is 0 Å². The van der Waals surface area contributed by atoms with Crippen LogP contribution in [0.1, 0.15) is 53.4 Å². The van der Waals surface area contributed by atoms with E-state index in [1.807, 2.05) is 0 Å². The van der Waals surface area contributed by atoms with E-state index in [0.29, 0.717) is 0 Å². The highest BCUT2D eigenvalue weighted by Crippen LogP contribution is 2.23. The van der Waals surface area contributed by atoms with E-state index in [1.54, 1.807) is 6.26 Å². The van der Waals surface area contributed by atoms with Gasteiger partial charge in [0.2, 0.25) is 0 Å².